The van der Waals surface area contributed by atoms with Crippen LogP contribution in [0.1, 0.15) is 19.4 Å². The van der Waals surface area contributed by atoms with Crippen LogP contribution in [0.15, 0.2) is 24.3 Å². The Morgan fingerprint density at radius 3 is 2.71 bits per heavy atom. The van der Waals surface area contributed by atoms with E-state index in [4.69, 9.17) is 0 Å². The van der Waals surface area contributed by atoms with Crippen LogP contribution in [0.2, 0.25) is 0 Å². The third-order valence-corrected chi connectivity index (χ3v) is 3.47. The first kappa shape index (κ1) is 12.5. The highest BCUT2D eigenvalue weighted by Gasteiger charge is 2.24. The highest BCUT2D eigenvalue weighted by molar-refractivity contribution is 5.16. The maximum absolute atomic E-state index is 12.8. The van der Waals surface area contributed by atoms with Gasteiger partial charge in [0.2, 0.25) is 0 Å². The minimum atomic E-state index is -0.158. The van der Waals surface area contributed by atoms with Gasteiger partial charge in [-0.25, -0.2) is 4.39 Å². The van der Waals surface area contributed by atoms with Gasteiger partial charge in [-0.15, -0.1) is 0 Å². The van der Waals surface area contributed by atoms with Crippen LogP contribution in [0.5, 0.6) is 0 Å². The summed E-state index contributed by atoms with van der Waals surface area (Å²) in [6.45, 7) is 8.61. The van der Waals surface area contributed by atoms with Gasteiger partial charge in [-0.3, -0.25) is 4.90 Å². The minimum absolute atomic E-state index is 0.158. The fraction of sp³-hybridized carbons (Fsp3) is 0.571. The number of halogens is 1. The molecule has 17 heavy (non-hydrogen) atoms. The molecule has 1 atom stereocenters. The number of hydrogen-bond donors (Lipinski definition) is 1. The lowest BCUT2D eigenvalue weighted by Gasteiger charge is -2.38. The molecule has 1 aliphatic heterocycles. The Morgan fingerprint density at radius 2 is 2.06 bits per heavy atom. The lowest BCUT2D eigenvalue weighted by molar-refractivity contribution is 0.117. The normalized spacial score (nSPS) is 22.0. The summed E-state index contributed by atoms with van der Waals surface area (Å²) in [4.78, 5) is 2.49. The molecule has 0 aliphatic carbocycles. The molecular formula is C14H21FN2. The zero-order valence-corrected chi connectivity index (χ0v) is 10.6. The van der Waals surface area contributed by atoms with E-state index >= 15 is 0 Å². The van der Waals surface area contributed by atoms with Gasteiger partial charge in [-0.05, 0) is 23.6 Å². The molecule has 1 aliphatic rings. The Kier molecular flexibility index (Phi) is 4.13. The highest BCUT2D eigenvalue weighted by atomic mass is 19.1. The maximum Gasteiger partial charge on any atom is 0.123 e. The Hall–Kier alpha value is -0.930. The van der Waals surface area contributed by atoms with Gasteiger partial charge in [0.15, 0.2) is 0 Å². The zero-order chi connectivity index (χ0) is 12.3. The number of nitrogens with one attached hydrogen (secondary N) is 1. The molecule has 94 valence electrons. The highest BCUT2D eigenvalue weighted by Crippen LogP contribution is 2.16. The number of nitrogens with zero attached hydrogens (tertiary/aromatic N) is 1. The van der Waals surface area contributed by atoms with E-state index in [9.17, 15) is 4.39 Å². The lowest BCUT2D eigenvalue weighted by atomic mass is 10.00. The Balaban J connectivity index is 2.02. The van der Waals surface area contributed by atoms with Crippen molar-refractivity contribution in [1.82, 2.24) is 10.2 Å². The molecule has 3 heteroatoms. The molecule has 1 N–H and O–H groups in total. The van der Waals surface area contributed by atoms with Crippen molar-refractivity contribution in [2.45, 2.75) is 26.4 Å². The summed E-state index contributed by atoms with van der Waals surface area (Å²) in [6, 6.07) is 7.43. The first-order valence-corrected chi connectivity index (χ1v) is 6.36. The van der Waals surface area contributed by atoms with Crippen LogP contribution in [-0.4, -0.2) is 30.6 Å². The molecule has 0 radical (unpaired) electrons. The fourth-order valence-corrected chi connectivity index (χ4v) is 2.45. The molecule has 1 heterocycles. The zero-order valence-electron chi connectivity index (χ0n) is 10.6. The molecule has 1 unspecified atom stereocenters. The SMILES string of the molecule is CC(C)C1CNCCN1Cc1ccc(F)cc1. The van der Waals surface area contributed by atoms with Gasteiger partial charge < -0.3 is 5.32 Å². The molecule has 0 aromatic heterocycles. The Morgan fingerprint density at radius 1 is 1.35 bits per heavy atom. The largest absolute Gasteiger partial charge is 0.314 e. The van der Waals surface area contributed by atoms with Crippen molar-refractivity contribution in [3.05, 3.63) is 35.6 Å². The van der Waals surface area contributed by atoms with Crippen LogP contribution >= 0.6 is 0 Å². The Bertz CT molecular complexity index is 348. The summed E-state index contributed by atoms with van der Waals surface area (Å²) in [5.41, 5.74) is 1.19. The van der Waals surface area contributed by atoms with Gasteiger partial charge in [0.25, 0.3) is 0 Å². The second-order valence-corrected chi connectivity index (χ2v) is 5.11. The quantitative estimate of drug-likeness (QED) is 0.866. The molecule has 0 spiro atoms. The third kappa shape index (κ3) is 3.27. The average Bonchev–Trinajstić information content (AvgIpc) is 2.32. The van der Waals surface area contributed by atoms with Crippen LogP contribution < -0.4 is 5.32 Å². The molecule has 2 rings (SSSR count). The van der Waals surface area contributed by atoms with Crippen LogP contribution in [0.3, 0.4) is 0 Å². The van der Waals surface area contributed by atoms with Crippen molar-refractivity contribution < 1.29 is 4.39 Å². The summed E-state index contributed by atoms with van der Waals surface area (Å²) in [5, 5.41) is 3.44. The number of rotatable bonds is 3. The first-order valence-electron chi connectivity index (χ1n) is 6.36. The summed E-state index contributed by atoms with van der Waals surface area (Å²) in [6.07, 6.45) is 0. The topological polar surface area (TPSA) is 15.3 Å². The van der Waals surface area contributed by atoms with E-state index in [1.165, 1.54) is 5.56 Å². The monoisotopic (exact) mass is 236 g/mol. The van der Waals surface area contributed by atoms with E-state index in [1.807, 2.05) is 12.1 Å². The Labute approximate surface area is 103 Å². The smallest absolute Gasteiger partial charge is 0.123 e. The minimum Gasteiger partial charge on any atom is -0.314 e. The van der Waals surface area contributed by atoms with E-state index < -0.39 is 0 Å². The van der Waals surface area contributed by atoms with Gasteiger partial charge in [0.1, 0.15) is 5.82 Å². The average molecular weight is 236 g/mol. The van der Waals surface area contributed by atoms with Crippen LogP contribution in [0.25, 0.3) is 0 Å². The van der Waals surface area contributed by atoms with Gasteiger partial charge >= 0.3 is 0 Å². The summed E-state index contributed by atoms with van der Waals surface area (Å²) < 4.78 is 12.8. The van der Waals surface area contributed by atoms with E-state index in [0.29, 0.717) is 12.0 Å². The molecule has 0 saturated carbocycles. The second kappa shape index (κ2) is 5.61. The van der Waals surface area contributed by atoms with E-state index in [1.54, 1.807) is 12.1 Å². The van der Waals surface area contributed by atoms with Crippen LogP contribution in [0, 0.1) is 11.7 Å². The maximum atomic E-state index is 12.8. The van der Waals surface area contributed by atoms with E-state index in [-0.39, 0.29) is 5.82 Å². The van der Waals surface area contributed by atoms with Gasteiger partial charge in [-0.1, -0.05) is 26.0 Å². The molecule has 1 aromatic rings. The summed E-state index contributed by atoms with van der Waals surface area (Å²) >= 11 is 0. The van der Waals surface area contributed by atoms with Crippen LogP contribution in [0.4, 0.5) is 4.39 Å². The predicted octanol–water partition coefficient (Wildman–Crippen LogP) is 2.26. The van der Waals surface area contributed by atoms with E-state index in [2.05, 4.69) is 24.1 Å². The van der Waals surface area contributed by atoms with Crippen molar-refractivity contribution in [3.8, 4) is 0 Å². The number of benzene rings is 1. The molecule has 1 aromatic carbocycles. The van der Waals surface area contributed by atoms with Crippen LogP contribution in [-0.2, 0) is 6.54 Å². The van der Waals surface area contributed by atoms with Crippen molar-refractivity contribution >= 4 is 0 Å². The van der Waals surface area contributed by atoms with E-state index in [0.717, 1.165) is 26.2 Å². The number of hydrogen-bond acceptors (Lipinski definition) is 2. The second-order valence-electron chi connectivity index (χ2n) is 5.11. The molecule has 2 nitrogen and oxygen atoms in total. The van der Waals surface area contributed by atoms with Crippen molar-refractivity contribution in [1.29, 1.82) is 0 Å². The third-order valence-electron chi connectivity index (χ3n) is 3.47. The molecule has 1 saturated heterocycles. The summed E-state index contributed by atoms with van der Waals surface area (Å²) in [7, 11) is 0. The standard InChI is InChI=1S/C14H21FN2/c1-11(2)14-9-16-7-8-17(14)10-12-3-5-13(15)6-4-12/h3-6,11,14,16H,7-10H2,1-2H3. The number of piperazine rings is 1. The lowest BCUT2D eigenvalue weighted by Crippen LogP contribution is -2.52. The predicted molar refractivity (Wildman–Crippen MR) is 68.3 cm³/mol. The molecule has 0 amide bonds. The summed E-state index contributed by atoms with van der Waals surface area (Å²) in [5.74, 6) is 0.484. The molecule has 1 fully saturated rings. The van der Waals surface area contributed by atoms with Gasteiger partial charge in [-0.2, -0.15) is 0 Å². The molecule has 0 bridgehead atoms. The van der Waals surface area contributed by atoms with Gasteiger partial charge in [0.05, 0.1) is 0 Å². The van der Waals surface area contributed by atoms with Crippen molar-refractivity contribution in [2.24, 2.45) is 5.92 Å². The molecular weight excluding hydrogens is 215 g/mol. The van der Waals surface area contributed by atoms with Crippen molar-refractivity contribution in [3.63, 3.8) is 0 Å². The van der Waals surface area contributed by atoms with Crippen molar-refractivity contribution in [2.75, 3.05) is 19.6 Å². The van der Waals surface area contributed by atoms with Gasteiger partial charge in [0, 0.05) is 32.2 Å². The first-order chi connectivity index (χ1) is 8.16. The fourth-order valence-electron chi connectivity index (χ4n) is 2.45.